The Bertz CT molecular complexity index is 317. The second-order valence-electron chi connectivity index (χ2n) is 7.62. The Morgan fingerprint density at radius 3 is 2.29 bits per heavy atom. The first-order valence-corrected chi connectivity index (χ1v) is 9.34. The molecule has 0 aromatic carbocycles. The molecule has 0 spiro atoms. The van der Waals surface area contributed by atoms with E-state index in [1.807, 2.05) is 11.8 Å². The zero-order valence-electron chi connectivity index (χ0n) is 14.7. The van der Waals surface area contributed by atoms with Crippen molar-refractivity contribution < 1.29 is 4.79 Å². The summed E-state index contributed by atoms with van der Waals surface area (Å²) >= 11 is 2.02. The maximum Gasteiger partial charge on any atom is 0.223 e. The summed E-state index contributed by atoms with van der Waals surface area (Å²) < 4.78 is 0.352. The Balaban J connectivity index is 2.24. The van der Waals surface area contributed by atoms with Gasteiger partial charge >= 0.3 is 0 Å². The monoisotopic (exact) mass is 314 g/mol. The highest BCUT2D eigenvalue weighted by molar-refractivity contribution is 8.00. The second kappa shape index (κ2) is 8.42. The lowest BCUT2D eigenvalue weighted by atomic mass is 9.95. The molecule has 21 heavy (non-hydrogen) atoms. The van der Waals surface area contributed by atoms with E-state index in [-0.39, 0.29) is 17.9 Å². The minimum absolute atomic E-state index is 0.220. The number of nitrogens with one attached hydrogen (secondary N) is 1. The van der Waals surface area contributed by atoms with Gasteiger partial charge in [-0.15, -0.1) is 0 Å². The topological polar surface area (TPSA) is 32.3 Å². The van der Waals surface area contributed by atoms with Crippen LogP contribution in [-0.4, -0.2) is 47.0 Å². The molecule has 0 saturated carbocycles. The van der Waals surface area contributed by atoms with E-state index in [1.54, 1.807) is 0 Å². The van der Waals surface area contributed by atoms with Crippen molar-refractivity contribution in [3.8, 4) is 0 Å². The molecule has 1 aliphatic rings. The lowest BCUT2D eigenvalue weighted by Crippen LogP contribution is -2.44. The number of carbonyl (C=O) groups excluding carboxylic acids is 1. The van der Waals surface area contributed by atoms with Gasteiger partial charge in [0.2, 0.25) is 5.91 Å². The van der Waals surface area contributed by atoms with Crippen LogP contribution in [0.4, 0.5) is 0 Å². The average Bonchev–Trinajstić information content (AvgIpc) is 2.37. The van der Waals surface area contributed by atoms with Gasteiger partial charge in [0.25, 0.3) is 0 Å². The van der Waals surface area contributed by atoms with Crippen molar-refractivity contribution >= 4 is 17.7 Å². The highest BCUT2D eigenvalue weighted by Crippen LogP contribution is 2.24. The minimum Gasteiger partial charge on any atom is -0.353 e. The van der Waals surface area contributed by atoms with Gasteiger partial charge in [-0.05, 0) is 38.8 Å². The molecule has 1 saturated heterocycles. The number of hydrogen-bond donors (Lipinski definition) is 1. The quantitative estimate of drug-likeness (QED) is 0.815. The standard InChI is InChI=1S/C17H34N2OS/c1-13(2)14(3)18-16(20)15-7-9-19(10-8-15)11-12-21-17(4,5)6/h13-15H,7-12H2,1-6H3,(H,18,20)/t14-/m1/s1. The summed E-state index contributed by atoms with van der Waals surface area (Å²) in [6.07, 6.45) is 2.02. The average molecular weight is 315 g/mol. The summed E-state index contributed by atoms with van der Waals surface area (Å²) in [5.74, 6) is 2.17. The molecule has 4 heteroatoms. The molecule has 1 heterocycles. The predicted octanol–water partition coefficient (Wildman–Crippen LogP) is 3.39. The third-order valence-corrected chi connectivity index (χ3v) is 5.52. The zero-order valence-corrected chi connectivity index (χ0v) is 15.6. The van der Waals surface area contributed by atoms with Gasteiger partial charge in [0, 0.05) is 29.0 Å². The molecule has 1 rings (SSSR count). The zero-order chi connectivity index (χ0) is 16.0. The first kappa shape index (κ1) is 18.8. The third-order valence-electron chi connectivity index (χ3n) is 4.27. The molecular formula is C17H34N2OS. The van der Waals surface area contributed by atoms with E-state index in [2.05, 4.69) is 51.8 Å². The predicted molar refractivity (Wildman–Crippen MR) is 93.8 cm³/mol. The fourth-order valence-corrected chi connectivity index (χ4v) is 3.37. The van der Waals surface area contributed by atoms with Crippen LogP contribution >= 0.6 is 11.8 Å². The number of amides is 1. The molecular weight excluding hydrogens is 280 g/mol. The number of piperidine rings is 1. The van der Waals surface area contributed by atoms with Crippen LogP contribution in [0.2, 0.25) is 0 Å². The Hall–Kier alpha value is -0.220. The molecule has 3 nitrogen and oxygen atoms in total. The van der Waals surface area contributed by atoms with E-state index in [0.29, 0.717) is 10.7 Å². The van der Waals surface area contributed by atoms with E-state index in [9.17, 15) is 4.79 Å². The first-order chi connectivity index (χ1) is 9.69. The number of rotatable bonds is 6. The molecule has 0 aromatic rings. The number of likely N-dealkylation sites (tertiary alicyclic amines) is 1. The highest BCUT2D eigenvalue weighted by atomic mass is 32.2. The normalized spacial score (nSPS) is 19.8. The Kier molecular flexibility index (Phi) is 7.55. The van der Waals surface area contributed by atoms with Crippen molar-refractivity contribution in [1.82, 2.24) is 10.2 Å². The van der Waals surface area contributed by atoms with Gasteiger partial charge in [-0.2, -0.15) is 11.8 Å². The van der Waals surface area contributed by atoms with Gasteiger partial charge in [-0.1, -0.05) is 34.6 Å². The van der Waals surface area contributed by atoms with Gasteiger partial charge in [0.1, 0.15) is 0 Å². The molecule has 0 unspecified atom stereocenters. The molecule has 124 valence electrons. The van der Waals surface area contributed by atoms with Crippen LogP contribution in [0.15, 0.2) is 0 Å². The van der Waals surface area contributed by atoms with Crippen molar-refractivity contribution in [2.45, 2.75) is 65.2 Å². The summed E-state index contributed by atoms with van der Waals surface area (Å²) in [4.78, 5) is 14.7. The van der Waals surface area contributed by atoms with E-state index in [4.69, 9.17) is 0 Å². The fraction of sp³-hybridized carbons (Fsp3) is 0.941. The van der Waals surface area contributed by atoms with Crippen molar-refractivity contribution in [2.75, 3.05) is 25.4 Å². The number of nitrogens with zero attached hydrogens (tertiary/aromatic N) is 1. The van der Waals surface area contributed by atoms with E-state index >= 15 is 0 Å². The summed E-state index contributed by atoms with van der Waals surface area (Å²) in [6, 6.07) is 0.277. The van der Waals surface area contributed by atoms with Crippen LogP contribution in [0.5, 0.6) is 0 Å². The summed E-state index contributed by atoms with van der Waals surface area (Å²) in [7, 11) is 0. The first-order valence-electron chi connectivity index (χ1n) is 8.35. The summed E-state index contributed by atoms with van der Waals surface area (Å²) in [6.45, 7) is 16.5. The number of thioether (sulfide) groups is 1. The van der Waals surface area contributed by atoms with Crippen LogP contribution in [0.3, 0.4) is 0 Å². The van der Waals surface area contributed by atoms with Gasteiger partial charge in [-0.25, -0.2) is 0 Å². The molecule has 0 aromatic heterocycles. The van der Waals surface area contributed by atoms with Crippen LogP contribution < -0.4 is 5.32 Å². The maximum atomic E-state index is 12.2. The van der Waals surface area contributed by atoms with Gasteiger partial charge in [0.15, 0.2) is 0 Å². The van der Waals surface area contributed by atoms with Gasteiger partial charge in [-0.3, -0.25) is 4.79 Å². The van der Waals surface area contributed by atoms with Crippen molar-refractivity contribution in [3.63, 3.8) is 0 Å². The molecule has 1 fully saturated rings. The van der Waals surface area contributed by atoms with Crippen molar-refractivity contribution in [1.29, 1.82) is 0 Å². The van der Waals surface area contributed by atoms with Crippen molar-refractivity contribution in [2.24, 2.45) is 11.8 Å². The van der Waals surface area contributed by atoms with Crippen LogP contribution in [0, 0.1) is 11.8 Å². The minimum atomic E-state index is 0.220. The molecule has 0 aliphatic carbocycles. The molecule has 1 amide bonds. The molecule has 1 N–H and O–H groups in total. The smallest absolute Gasteiger partial charge is 0.223 e. The van der Waals surface area contributed by atoms with Crippen LogP contribution in [0.1, 0.15) is 54.4 Å². The molecule has 1 aliphatic heterocycles. The fourth-order valence-electron chi connectivity index (χ4n) is 2.41. The Morgan fingerprint density at radius 2 is 1.81 bits per heavy atom. The summed E-state index contributed by atoms with van der Waals surface area (Å²) in [5.41, 5.74) is 0. The molecule has 0 bridgehead atoms. The van der Waals surface area contributed by atoms with E-state index < -0.39 is 0 Å². The number of hydrogen-bond acceptors (Lipinski definition) is 3. The lowest BCUT2D eigenvalue weighted by molar-refractivity contribution is -0.127. The number of carbonyl (C=O) groups is 1. The van der Waals surface area contributed by atoms with Crippen molar-refractivity contribution in [3.05, 3.63) is 0 Å². The highest BCUT2D eigenvalue weighted by Gasteiger charge is 2.26. The maximum absolute atomic E-state index is 12.2. The Morgan fingerprint density at radius 1 is 1.24 bits per heavy atom. The van der Waals surface area contributed by atoms with Crippen LogP contribution in [-0.2, 0) is 4.79 Å². The van der Waals surface area contributed by atoms with Crippen LogP contribution in [0.25, 0.3) is 0 Å². The molecule has 0 radical (unpaired) electrons. The third kappa shape index (κ3) is 7.55. The summed E-state index contributed by atoms with van der Waals surface area (Å²) in [5, 5.41) is 3.17. The second-order valence-corrected chi connectivity index (χ2v) is 9.54. The SMILES string of the molecule is CC(C)[C@@H](C)NC(=O)C1CCN(CCSC(C)(C)C)CC1. The van der Waals surface area contributed by atoms with E-state index in [0.717, 1.165) is 32.5 Å². The van der Waals surface area contributed by atoms with E-state index in [1.165, 1.54) is 5.75 Å². The van der Waals surface area contributed by atoms with Gasteiger partial charge in [0.05, 0.1) is 0 Å². The largest absolute Gasteiger partial charge is 0.353 e. The van der Waals surface area contributed by atoms with Gasteiger partial charge < -0.3 is 10.2 Å². The molecule has 1 atom stereocenters. The Labute approximate surface area is 135 Å². The lowest BCUT2D eigenvalue weighted by Gasteiger charge is -2.32.